The second-order valence-electron chi connectivity index (χ2n) is 5.43. The first-order chi connectivity index (χ1) is 9.86. The van der Waals surface area contributed by atoms with Gasteiger partial charge in [0.05, 0.1) is 12.0 Å². The quantitative estimate of drug-likeness (QED) is 0.900. The topological polar surface area (TPSA) is 41.1 Å². The predicted molar refractivity (Wildman–Crippen MR) is 73.8 cm³/mol. The van der Waals surface area contributed by atoms with Gasteiger partial charge in [-0.05, 0) is 37.9 Å². The number of carbonyl (C=O) groups excluding carboxylic acids is 1. The fourth-order valence-electron chi connectivity index (χ4n) is 2.54. The van der Waals surface area contributed by atoms with E-state index in [1.807, 2.05) is 6.92 Å². The lowest BCUT2D eigenvalue weighted by Crippen LogP contribution is -2.52. The van der Waals surface area contributed by atoms with Crippen LogP contribution in [0.15, 0.2) is 24.3 Å². The minimum atomic E-state index is -4.38. The zero-order valence-corrected chi connectivity index (χ0v) is 11.8. The summed E-state index contributed by atoms with van der Waals surface area (Å²) in [6.07, 6.45) is -2.54. The van der Waals surface area contributed by atoms with Crippen molar-refractivity contribution in [2.24, 2.45) is 0 Å². The van der Waals surface area contributed by atoms with Crippen molar-refractivity contribution in [3.63, 3.8) is 0 Å². The third-order valence-corrected chi connectivity index (χ3v) is 3.73. The average molecular weight is 300 g/mol. The molecule has 3 nitrogen and oxygen atoms in total. The van der Waals surface area contributed by atoms with Crippen molar-refractivity contribution in [3.8, 4) is 0 Å². The first-order valence-corrected chi connectivity index (χ1v) is 7.05. The van der Waals surface area contributed by atoms with Crippen LogP contribution in [0.4, 0.5) is 13.2 Å². The van der Waals surface area contributed by atoms with E-state index in [0.717, 1.165) is 31.5 Å². The van der Waals surface area contributed by atoms with Crippen molar-refractivity contribution in [1.82, 2.24) is 10.6 Å². The van der Waals surface area contributed by atoms with E-state index in [1.54, 1.807) is 0 Å². The number of hydrogen-bond acceptors (Lipinski definition) is 2. The minimum Gasteiger partial charge on any atom is -0.352 e. The van der Waals surface area contributed by atoms with E-state index in [4.69, 9.17) is 0 Å². The molecule has 1 saturated heterocycles. The zero-order chi connectivity index (χ0) is 15.5. The van der Waals surface area contributed by atoms with E-state index < -0.39 is 11.7 Å². The molecule has 2 N–H and O–H groups in total. The number of alkyl halides is 3. The molecule has 0 aliphatic carbocycles. The maximum absolute atomic E-state index is 12.6. The molecule has 1 heterocycles. The van der Waals surface area contributed by atoms with Crippen LogP contribution in [0.2, 0.25) is 0 Å². The Balaban J connectivity index is 1.96. The van der Waals surface area contributed by atoms with Crippen LogP contribution in [-0.4, -0.2) is 24.5 Å². The van der Waals surface area contributed by atoms with E-state index in [0.29, 0.717) is 5.56 Å². The van der Waals surface area contributed by atoms with Gasteiger partial charge in [0, 0.05) is 12.1 Å². The number of hydrogen-bond donors (Lipinski definition) is 2. The maximum Gasteiger partial charge on any atom is 0.416 e. The Morgan fingerprint density at radius 3 is 2.86 bits per heavy atom. The van der Waals surface area contributed by atoms with E-state index >= 15 is 0 Å². The van der Waals surface area contributed by atoms with Crippen LogP contribution >= 0.6 is 0 Å². The molecular weight excluding hydrogens is 281 g/mol. The standard InChI is InChI=1S/C15H19F3N2O/c1-10-13(6-3-7-19-10)20-14(21)9-11-4-2-5-12(8-11)15(16,17)18/h2,4-5,8,10,13,19H,3,6-7,9H2,1H3,(H,20,21). The van der Waals surface area contributed by atoms with Gasteiger partial charge >= 0.3 is 6.18 Å². The number of amides is 1. The Kier molecular flexibility index (Phi) is 4.88. The molecule has 0 bridgehead atoms. The van der Waals surface area contributed by atoms with Gasteiger partial charge in [-0.1, -0.05) is 18.2 Å². The number of halogens is 3. The van der Waals surface area contributed by atoms with Crippen LogP contribution in [0, 0.1) is 0 Å². The Morgan fingerprint density at radius 1 is 1.43 bits per heavy atom. The molecule has 0 radical (unpaired) electrons. The van der Waals surface area contributed by atoms with Crippen molar-refractivity contribution in [1.29, 1.82) is 0 Å². The summed E-state index contributed by atoms with van der Waals surface area (Å²) in [5.41, 5.74) is -0.348. The fraction of sp³-hybridized carbons (Fsp3) is 0.533. The van der Waals surface area contributed by atoms with Crippen molar-refractivity contribution < 1.29 is 18.0 Å². The summed E-state index contributed by atoms with van der Waals surface area (Å²) >= 11 is 0. The maximum atomic E-state index is 12.6. The monoisotopic (exact) mass is 300 g/mol. The van der Waals surface area contributed by atoms with Crippen LogP contribution in [0.25, 0.3) is 0 Å². The lowest BCUT2D eigenvalue weighted by molar-refractivity contribution is -0.137. The summed E-state index contributed by atoms with van der Waals surface area (Å²) < 4.78 is 37.9. The van der Waals surface area contributed by atoms with E-state index in [2.05, 4.69) is 10.6 Å². The van der Waals surface area contributed by atoms with Gasteiger partial charge < -0.3 is 10.6 Å². The second-order valence-corrected chi connectivity index (χ2v) is 5.43. The summed E-state index contributed by atoms with van der Waals surface area (Å²) in [6, 6.07) is 5.13. The first-order valence-electron chi connectivity index (χ1n) is 7.05. The number of piperidine rings is 1. The van der Waals surface area contributed by atoms with Gasteiger partial charge in [-0.3, -0.25) is 4.79 Å². The van der Waals surface area contributed by atoms with Crippen molar-refractivity contribution >= 4 is 5.91 Å². The smallest absolute Gasteiger partial charge is 0.352 e. The molecule has 1 aromatic carbocycles. The van der Waals surface area contributed by atoms with Crippen LogP contribution < -0.4 is 10.6 Å². The third-order valence-electron chi connectivity index (χ3n) is 3.73. The van der Waals surface area contributed by atoms with Crippen LogP contribution in [0.5, 0.6) is 0 Å². The summed E-state index contributed by atoms with van der Waals surface area (Å²) in [5, 5.41) is 6.16. The molecule has 1 fully saturated rings. The zero-order valence-electron chi connectivity index (χ0n) is 11.8. The van der Waals surface area contributed by atoms with Gasteiger partial charge in [0.25, 0.3) is 0 Å². The molecule has 2 rings (SSSR count). The molecule has 0 spiro atoms. The van der Waals surface area contributed by atoms with Crippen molar-refractivity contribution in [2.75, 3.05) is 6.54 Å². The van der Waals surface area contributed by atoms with Crippen molar-refractivity contribution in [2.45, 2.75) is 44.4 Å². The van der Waals surface area contributed by atoms with Crippen molar-refractivity contribution in [3.05, 3.63) is 35.4 Å². The number of nitrogens with one attached hydrogen (secondary N) is 2. The molecule has 0 saturated carbocycles. The fourth-order valence-corrected chi connectivity index (χ4v) is 2.54. The lowest BCUT2D eigenvalue weighted by Gasteiger charge is -2.30. The Hall–Kier alpha value is -1.56. The highest BCUT2D eigenvalue weighted by molar-refractivity contribution is 5.79. The Labute approximate surface area is 121 Å². The molecule has 1 aromatic rings. The summed E-state index contributed by atoms with van der Waals surface area (Å²) in [5.74, 6) is -0.241. The molecular formula is C15H19F3N2O. The third kappa shape index (κ3) is 4.46. The summed E-state index contributed by atoms with van der Waals surface area (Å²) in [4.78, 5) is 12.0. The van der Waals surface area contributed by atoms with Gasteiger partial charge in [0.15, 0.2) is 0 Å². The number of rotatable bonds is 3. The summed E-state index contributed by atoms with van der Waals surface area (Å²) in [7, 11) is 0. The van der Waals surface area contributed by atoms with Gasteiger partial charge in [-0.15, -0.1) is 0 Å². The molecule has 2 atom stereocenters. The van der Waals surface area contributed by atoms with E-state index in [-0.39, 0.29) is 24.4 Å². The Morgan fingerprint density at radius 2 is 2.19 bits per heavy atom. The van der Waals surface area contributed by atoms with Crippen LogP contribution in [-0.2, 0) is 17.4 Å². The van der Waals surface area contributed by atoms with Gasteiger partial charge in [0.1, 0.15) is 0 Å². The normalized spacial score (nSPS) is 22.9. The first kappa shape index (κ1) is 15.8. The minimum absolute atomic E-state index is 0.0346. The number of carbonyl (C=O) groups is 1. The highest BCUT2D eigenvalue weighted by atomic mass is 19.4. The Bertz CT molecular complexity index is 502. The molecule has 1 amide bonds. The van der Waals surface area contributed by atoms with Crippen LogP contribution in [0.1, 0.15) is 30.9 Å². The molecule has 2 unspecified atom stereocenters. The molecule has 1 aliphatic rings. The SMILES string of the molecule is CC1NCCCC1NC(=O)Cc1cccc(C(F)(F)F)c1. The molecule has 6 heteroatoms. The largest absolute Gasteiger partial charge is 0.416 e. The molecule has 0 aromatic heterocycles. The lowest BCUT2D eigenvalue weighted by atomic mass is 9.99. The van der Waals surface area contributed by atoms with Crippen LogP contribution in [0.3, 0.4) is 0 Å². The average Bonchev–Trinajstić information content (AvgIpc) is 2.41. The molecule has 21 heavy (non-hydrogen) atoms. The highest BCUT2D eigenvalue weighted by Crippen LogP contribution is 2.29. The highest BCUT2D eigenvalue weighted by Gasteiger charge is 2.30. The van der Waals surface area contributed by atoms with E-state index in [9.17, 15) is 18.0 Å². The summed E-state index contributed by atoms with van der Waals surface area (Å²) in [6.45, 7) is 2.93. The van der Waals surface area contributed by atoms with Gasteiger partial charge in [-0.25, -0.2) is 0 Å². The second kappa shape index (κ2) is 6.47. The number of benzene rings is 1. The van der Waals surface area contributed by atoms with Gasteiger partial charge in [-0.2, -0.15) is 13.2 Å². The van der Waals surface area contributed by atoms with E-state index in [1.165, 1.54) is 12.1 Å². The predicted octanol–water partition coefficient (Wildman–Crippen LogP) is 2.50. The molecule has 116 valence electrons. The molecule has 1 aliphatic heterocycles. The van der Waals surface area contributed by atoms with Gasteiger partial charge in [0.2, 0.25) is 5.91 Å².